The van der Waals surface area contributed by atoms with Gasteiger partial charge >= 0.3 is 18.3 Å². The normalized spacial score (nSPS) is 25.5. The summed E-state index contributed by atoms with van der Waals surface area (Å²) in [4.78, 5) is 12.9. The number of hydrogen-bond acceptors (Lipinski definition) is 3. The van der Waals surface area contributed by atoms with Gasteiger partial charge in [0.05, 0.1) is 0 Å². The summed E-state index contributed by atoms with van der Waals surface area (Å²) in [5, 5.41) is 8.43. The highest BCUT2D eigenvalue weighted by Gasteiger charge is 2.63. The Morgan fingerprint density at radius 2 is 1.83 bits per heavy atom. The van der Waals surface area contributed by atoms with Crippen LogP contribution in [0.15, 0.2) is 16.8 Å². The SMILES string of the molecule is NC1(C(F)(F)F)CC=C(C(=O)O)N=C1C(F)(F)F. The van der Waals surface area contributed by atoms with E-state index >= 15 is 0 Å². The van der Waals surface area contributed by atoms with Crippen molar-refractivity contribution in [2.24, 2.45) is 10.7 Å². The quantitative estimate of drug-likeness (QED) is 0.714. The molecule has 0 aliphatic carbocycles. The zero-order chi connectivity index (χ0) is 14.4. The molecule has 3 N–H and O–H groups in total. The van der Waals surface area contributed by atoms with E-state index in [2.05, 4.69) is 4.99 Å². The summed E-state index contributed by atoms with van der Waals surface area (Å²) >= 11 is 0. The minimum absolute atomic E-state index is 0.408. The van der Waals surface area contributed by atoms with E-state index in [1.165, 1.54) is 0 Å². The number of rotatable bonds is 1. The Balaban J connectivity index is 3.38. The maximum atomic E-state index is 12.6. The minimum Gasteiger partial charge on any atom is -0.477 e. The van der Waals surface area contributed by atoms with E-state index in [1.54, 1.807) is 0 Å². The van der Waals surface area contributed by atoms with Gasteiger partial charge in [0.2, 0.25) is 0 Å². The molecule has 1 rings (SSSR count). The van der Waals surface area contributed by atoms with Gasteiger partial charge in [0.25, 0.3) is 0 Å². The molecule has 0 aromatic rings. The van der Waals surface area contributed by atoms with Crippen LogP contribution in [0.1, 0.15) is 6.42 Å². The van der Waals surface area contributed by atoms with E-state index in [1.807, 2.05) is 0 Å². The van der Waals surface area contributed by atoms with Gasteiger partial charge in [-0.05, 0) is 6.08 Å². The van der Waals surface area contributed by atoms with Gasteiger partial charge in [0, 0.05) is 6.42 Å². The standard InChI is InChI=1S/C8H6F6N2O2/c9-7(10,11)5-6(15,8(12,13)14)2-1-3(16-5)4(17)18/h1H,2,15H2,(H,17,18). The third-order valence-electron chi connectivity index (χ3n) is 2.27. The van der Waals surface area contributed by atoms with Crippen molar-refractivity contribution in [3.8, 4) is 0 Å². The molecule has 1 heterocycles. The number of carbonyl (C=O) groups is 1. The number of aliphatic carboxylic acids is 1. The molecule has 0 radical (unpaired) electrons. The molecule has 18 heavy (non-hydrogen) atoms. The Kier molecular flexibility index (Phi) is 3.19. The van der Waals surface area contributed by atoms with E-state index in [4.69, 9.17) is 10.8 Å². The van der Waals surface area contributed by atoms with Gasteiger partial charge in [-0.2, -0.15) is 26.3 Å². The number of nitrogens with two attached hydrogens (primary N) is 1. The van der Waals surface area contributed by atoms with Crippen molar-refractivity contribution < 1.29 is 36.2 Å². The Morgan fingerprint density at radius 1 is 1.33 bits per heavy atom. The number of hydrogen-bond donors (Lipinski definition) is 2. The lowest BCUT2D eigenvalue weighted by molar-refractivity contribution is -0.174. The lowest BCUT2D eigenvalue weighted by Gasteiger charge is -2.34. The molecule has 0 aromatic heterocycles. The maximum Gasteiger partial charge on any atom is 0.431 e. The van der Waals surface area contributed by atoms with Crippen LogP contribution in [0.25, 0.3) is 0 Å². The van der Waals surface area contributed by atoms with E-state index < -0.39 is 41.7 Å². The second kappa shape index (κ2) is 3.97. The molecular formula is C8H6F6N2O2. The molecule has 1 aliphatic heterocycles. The highest BCUT2D eigenvalue weighted by molar-refractivity contribution is 6.03. The molecule has 102 valence electrons. The molecule has 0 spiro atoms. The summed E-state index contributed by atoms with van der Waals surface area (Å²) in [5.41, 5.74) is -2.49. The van der Waals surface area contributed by atoms with Crippen LogP contribution in [0.3, 0.4) is 0 Å². The molecule has 0 bridgehead atoms. The Morgan fingerprint density at radius 3 is 2.17 bits per heavy atom. The summed E-state index contributed by atoms with van der Waals surface area (Å²) in [7, 11) is 0. The zero-order valence-electron chi connectivity index (χ0n) is 8.43. The molecule has 1 atom stereocenters. The summed E-state index contributed by atoms with van der Waals surface area (Å²) in [6.07, 6.45) is -11.8. The van der Waals surface area contributed by atoms with Gasteiger partial charge in [0.15, 0.2) is 11.3 Å². The first-order valence-corrected chi connectivity index (χ1v) is 4.35. The van der Waals surface area contributed by atoms with Crippen LogP contribution in [-0.2, 0) is 4.79 Å². The Labute approximate surface area is 95.8 Å². The van der Waals surface area contributed by atoms with Crippen LogP contribution in [0.5, 0.6) is 0 Å². The average molecular weight is 276 g/mol. The predicted molar refractivity (Wildman–Crippen MR) is 46.8 cm³/mol. The van der Waals surface area contributed by atoms with Crippen molar-refractivity contribution in [3.05, 3.63) is 11.8 Å². The number of aliphatic imine (C=N–C) groups is 1. The molecule has 1 aliphatic rings. The first-order valence-electron chi connectivity index (χ1n) is 4.35. The number of alkyl halides is 6. The molecular weight excluding hydrogens is 270 g/mol. The topological polar surface area (TPSA) is 75.7 Å². The second-order valence-corrected chi connectivity index (χ2v) is 3.53. The van der Waals surface area contributed by atoms with E-state index in [9.17, 15) is 31.1 Å². The lowest BCUT2D eigenvalue weighted by atomic mass is 9.86. The summed E-state index contributed by atoms with van der Waals surface area (Å²) in [6, 6.07) is 0. The van der Waals surface area contributed by atoms with Gasteiger partial charge in [-0.1, -0.05) is 0 Å². The van der Waals surface area contributed by atoms with Gasteiger partial charge in [-0.25, -0.2) is 9.79 Å². The summed E-state index contributed by atoms with van der Waals surface area (Å²) < 4.78 is 75.1. The molecule has 0 aromatic carbocycles. The van der Waals surface area contributed by atoms with Crippen LogP contribution in [0.4, 0.5) is 26.3 Å². The van der Waals surface area contributed by atoms with Crippen LogP contribution < -0.4 is 5.73 Å². The fourth-order valence-electron chi connectivity index (χ4n) is 1.32. The van der Waals surface area contributed by atoms with Gasteiger partial charge in [0.1, 0.15) is 5.70 Å². The monoisotopic (exact) mass is 276 g/mol. The zero-order valence-corrected chi connectivity index (χ0v) is 8.43. The van der Waals surface area contributed by atoms with Crippen molar-refractivity contribution in [3.63, 3.8) is 0 Å². The van der Waals surface area contributed by atoms with Crippen LogP contribution >= 0.6 is 0 Å². The molecule has 1 unspecified atom stereocenters. The fourth-order valence-corrected chi connectivity index (χ4v) is 1.32. The van der Waals surface area contributed by atoms with E-state index in [0.717, 1.165) is 0 Å². The molecule has 0 saturated carbocycles. The number of nitrogens with zero attached hydrogens (tertiary/aromatic N) is 1. The van der Waals surface area contributed by atoms with Gasteiger partial charge < -0.3 is 10.8 Å². The predicted octanol–water partition coefficient (Wildman–Crippen LogP) is 1.62. The van der Waals surface area contributed by atoms with E-state index in [-0.39, 0.29) is 0 Å². The van der Waals surface area contributed by atoms with Crippen LogP contribution in [0, 0.1) is 0 Å². The summed E-state index contributed by atoms with van der Waals surface area (Å²) in [5.74, 6) is -1.86. The van der Waals surface area contributed by atoms with Gasteiger partial charge in [-0.15, -0.1) is 0 Å². The van der Waals surface area contributed by atoms with Crippen molar-refractivity contribution in [2.45, 2.75) is 24.3 Å². The smallest absolute Gasteiger partial charge is 0.431 e. The maximum absolute atomic E-state index is 12.6. The lowest BCUT2D eigenvalue weighted by Crippen LogP contribution is -2.64. The fraction of sp³-hybridized carbons (Fsp3) is 0.500. The number of halogens is 6. The molecule has 4 nitrogen and oxygen atoms in total. The second-order valence-electron chi connectivity index (χ2n) is 3.53. The first-order chi connectivity index (χ1) is 7.89. The molecule has 0 fully saturated rings. The van der Waals surface area contributed by atoms with Crippen LogP contribution in [-0.4, -0.2) is 34.7 Å². The van der Waals surface area contributed by atoms with E-state index in [0.29, 0.717) is 6.08 Å². The average Bonchev–Trinajstić information content (AvgIpc) is 2.14. The molecule has 10 heteroatoms. The highest BCUT2D eigenvalue weighted by Crippen LogP contribution is 2.40. The molecule has 0 amide bonds. The number of carboxylic acid groups (broad SMARTS) is 1. The van der Waals surface area contributed by atoms with Crippen molar-refractivity contribution in [1.29, 1.82) is 0 Å². The first kappa shape index (κ1) is 14.5. The minimum atomic E-state index is -5.47. The third-order valence-corrected chi connectivity index (χ3v) is 2.27. The van der Waals surface area contributed by atoms with Crippen molar-refractivity contribution >= 4 is 11.7 Å². The van der Waals surface area contributed by atoms with Crippen LogP contribution in [0.2, 0.25) is 0 Å². The third kappa shape index (κ3) is 2.33. The summed E-state index contributed by atoms with van der Waals surface area (Å²) in [6.45, 7) is 0. The Hall–Kier alpha value is -1.58. The number of carboxylic acids is 1. The largest absolute Gasteiger partial charge is 0.477 e. The van der Waals surface area contributed by atoms with Crippen molar-refractivity contribution in [1.82, 2.24) is 0 Å². The Bertz CT molecular complexity index is 436. The molecule has 0 saturated heterocycles. The highest BCUT2D eigenvalue weighted by atomic mass is 19.4. The van der Waals surface area contributed by atoms with Gasteiger partial charge in [-0.3, -0.25) is 0 Å². The van der Waals surface area contributed by atoms with Crippen molar-refractivity contribution in [2.75, 3.05) is 0 Å².